The lowest BCUT2D eigenvalue weighted by molar-refractivity contribution is -0.138. The van der Waals surface area contributed by atoms with Gasteiger partial charge in [0.25, 0.3) is 0 Å². The summed E-state index contributed by atoms with van der Waals surface area (Å²) in [6.07, 6.45) is 0.0197. The molecule has 0 N–H and O–H groups in total. The third kappa shape index (κ3) is 2.38. The van der Waals surface area contributed by atoms with Crippen molar-refractivity contribution in [2.75, 3.05) is 6.54 Å². The zero-order chi connectivity index (χ0) is 14.2. The van der Waals surface area contributed by atoms with Gasteiger partial charge in [-0.2, -0.15) is 0 Å². The van der Waals surface area contributed by atoms with Gasteiger partial charge in [0, 0.05) is 12.3 Å². The smallest absolute Gasteiger partial charge is 0.232 e. The van der Waals surface area contributed by atoms with Gasteiger partial charge in [0.1, 0.15) is 11.6 Å². The first kappa shape index (κ1) is 13.3. The number of carbonyl (C=O) groups excluding carboxylic acids is 3. The van der Waals surface area contributed by atoms with Crippen molar-refractivity contribution in [2.45, 2.75) is 13.3 Å². The molecule has 1 fully saturated rings. The van der Waals surface area contributed by atoms with Crippen LogP contribution >= 0.6 is 0 Å². The Morgan fingerprint density at radius 1 is 1.32 bits per heavy atom. The highest BCUT2D eigenvalue weighted by molar-refractivity contribution is 6.08. The van der Waals surface area contributed by atoms with Gasteiger partial charge in [-0.1, -0.05) is 13.0 Å². The van der Waals surface area contributed by atoms with Crippen molar-refractivity contribution >= 4 is 17.6 Å². The number of carbonyl (C=O) groups is 3. The number of nitrogens with zero attached hydrogens (tertiary/aromatic N) is 1. The van der Waals surface area contributed by atoms with Crippen molar-refractivity contribution in [2.24, 2.45) is 5.92 Å². The maximum absolute atomic E-state index is 13.4. The highest BCUT2D eigenvalue weighted by Gasteiger charge is 2.37. The summed E-state index contributed by atoms with van der Waals surface area (Å²) in [6, 6.07) is 3.04. The Balaban J connectivity index is 2.23. The topological polar surface area (TPSA) is 54.5 Å². The van der Waals surface area contributed by atoms with Gasteiger partial charge in [0.15, 0.2) is 5.78 Å². The summed E-state index contributed by atoms with van der Waals surface area (Å²) in [5.41, 5.74) is -0.720. The van der Waals surface area contributed by atoms with Gasteiger partial charge in [-0.25, -0.2) is 8.78 Å². The Kier molecular flexibility index (Phi) is 3.42. The van der Waals surface area contributed by atoms with E-state index in [1.807, 2.05) is 0 Å². The molecule has 0 saturated carbocycles. The molecule has 19 heavy (non-hydrogen) atoms. The lowest BCUT2D eigenvalue weighted by Crippen LogP contribution is -2.35. The number of rotatable bonds is 3. The van der Waals surface area contributed by atoms with E-state index in [1.165, 1.54) is 0 Å². The van der Waals surface area contributed by atoms with E-state index in [0.29, 0.717) is 0 Å². The van der Waals surface area contributed by atoms with Crippen LogP contribution in [0.5, 0.6) is 0 Å². The maximum Gasteiger partial charge on any atom is 0.232 e. The highest BCUT2D eigenvalue weighted by Crippen LogP contribution is 2.20. The fourth-order valence-electron chi connectivity index (χ4n) is 2.00. The molecule has 1 heterocycles. The average Bonchev–Trinajstić information content (AvgIpc) is 2.56. The summed E-state index contributed by atoms with van der Waals surface area (Å²) < 4.78 is 26.8. The second kappa shape index (κ2) is 4.87. The van der Waals surface area contributed by atoms with Crippen LogP contribution < -0.4 is 0 Å². The quantitative estimate of drug-likeness (QED) is 0.616. The summed E-state index contributed by atoms with van der Waals surface area (Å²) in [6.45, 7) is 0.939. The van der Waals surface area contributed by atoms with E-state index in [9.17, 15) is 23.2 Å². The van der Waals surface area contributed by atoms with Gasteiger partial charge in [-0.15, -0.1) is 0 Å². The summed E-state index contributed by atoms with van der Waals surface area (Å²) in [4.78, 5) is 35.7. The second-order valence-corrected chi connectivity index (χ2v) is 4.44. The summed E-state index contributed by atoms with van der Waals surface area (Å²) in [5.74, 6) is -4.41. The fourth-order valence-corrected chi connectivity index (χ4v) is 2.00. The van der Waals surface area contributed by atoms with Crippen LogP contribution in [0, 0.1) is 17.6 Å². The van der Waals surface area contributed by atoms with Crippen molar-refractivity contribution < 1.29 is 23.2 Å². The van der Waals surface area contributed by atoms with Gasteiger partial charge in [-0.05, 0) is 12.1 Å². The van der Waals surface area contributed by atoms with Gasteiger partial charge in [-0.3, -0.25) is 19.3 Å². The number of Topliss-reactive ketones (excluding diaryl/α,β-unsaturated/α-hetero) is 1. The zero-order valence-corrected chi connectivity index (χ0v) is 10.2. The van der Waals surface area contributed by atoms with Crippen molar-refractivity contribution in [3.8, 4) is 0 Å². The molecular formula is C13H11F2NO3. The van der Waals surface area contributed by atoms with Crippen LogP contribution in [0.2, 0.25) is 0 Å². The predicted octanol–water partition coefficient (Wildman–Crippen LogP) is 1.54. The SMILES string of the molecule is CC1CC(=O)N(CC(=O)c2c(F)cccc2F)C1=O. The first-order valence-corrected chi connectivity index (χ1v) is 5.73. The molecule has 1 aromatic rings. The molecule has 6 heteroatoms. The van der Waals surface area contributed by atoms with Crippen LogP contribution in [0.1, 0.15) is 23.7 Å². The molecule has 4 nitrogen and oxygen atoms in total. The molecule has 0 radical (unpaired) electrons. The lowest BCUT2D eigenvalue weighted by atomic mass is 10.1. The van der Waals surface area contributed by atoms with Gasteiger partial charge in [0.2, 0.25) is 11.8 Å². The number of amides is 2. The predicted molar refractivity (Wildman–Crippen MR) is 61.2 cm³/mol. The molecule has 1 saturated heterocycles. The minimum absolute atomic E-state index is 0.0197. The summed E-state index contributed by atoms with van der Waals surface area (Å²) >= 11 is 0. The van der Waals surface area contributed by atoms with E-state index >= 15 is 0 Å². The van der Waals surface area contributed by atoms with Crippen molar-refractivity contribution in [3.63, 3.8) is 0 Å². The molecule has 0 spiro atoms. The largest absolute Gasteiger partial charge is 0.292 e. The number of halogens is 2. The molecule has 0 aromatic heterocycles. The van der Waals surface area contributed by atoms with Crippen LogP contribution in [0.15, 0.2) is 18.2 Å². The maximum atomic E-state index is 13.4. The number of benzene rings is 1. The first-order valence-electron chi connectivity index (χ1n) is 5.73. The lowest BCUT2D eigenvalue weighted by Gasteiger charge is -2.13. The van der Waals surface area contributed by atoms with Crippen LogP contribution in [0.4, 0.5) is 8.78 Å². The minimum atomic E-state index is -1.00. The Hall–Kier alpha value is -2.11. The molecule has 1 aliphatic rings. The fraction of sp³-hybridized carbons (Fsp3) is 0.308. The summed E-state index contributed by atoms with van der Waals surface area (Å²) in [5, 5.41) is 0. The average molecular weight is 267 g/mol. The second-order valence-electron chi connectivity index (χ2n) is 4.44. The van der Waals surface area contributed by atoms with Crippen LogP contribution in [0.3, 0.4) is 0 Å². The minimum Gasteiger partial charge on any atom is -0.292 e. The molecule has 1 atom stereocenters. The standard InChI is InChI=1S/C13H11F2NO3/c1-7-5-11(18)16(13(7)19)6-10(17)12-8(14)3-2-4-9(12)15/h2-4,7H,5-6H2,1H3. The van der Waals surface area contributed by atoms with E-state index < -0.39 is 47.3 Å². The number of hydrogen-bond donors (Lipinski definition) is 0. The molecule has 0 aliphatic carbocycles. The number of imide groups is 1. The molecule has 1 aromatic carbocycles. The molecule has 2 amide bonds. The summed E-state index contributed by atoms with van der Waals surface area (Å²) in [7, 11) is 0. The van der Waals surface area contributed by atoms with Gasteiger partial charge >= 0.3 is 0 Å². The molecule has 2 rings (SSSR count). The number of ketones is 1. The number of hydrogen-bond acceptors (Lipinski definition) is 3. The Labute approximate surface area is 108 Å². The van der Waals surface area contributed by atoms with Crippen molar-refractivity contribution in [1.82, 2.24) is 4.90 Å². The van der Waals surface area contributed by atoms with E-state index in [1.54, 1.807) is 6.92 Å². The zero-order valence-electron chi connectivity index (χ0n) is 10.2. The Bertz CT molecular complexity index is 551. The monoisotopic (exact) mass is 267 g/mol. The van der Waals surface area contributed by atoms with E-state index in [-0.39, 0.29) is 6.42 Å². The third-order valence-corrected chi connectivity index (χ3v) is 3.01. The van der Waals surface area contributed by atoms with Crippen LogP contribution in [0.25, 0.3) is 0 Å². The van der Waals surface area contributed by atoms with Crippen LogP contribution in [-0.2, 0) is 9.59 Å². The normalized spacial score (nSPS) is 19.1. The Morgan fingerprint density at radius 2 is 1.89 bits per heavy atom. The van der Waals surface area contributed by atoms with Crippen molar-refractivity contribution in [3.05, 3.63) is 35.4 Å². The molecule has 100 valence electrons. The van der Waals surface area contributed by atoms with Crippen LogP contribution in [-0.4, -0.2) is 29.0 Å². The molecule has 1 aliphatic heterocycles. The molecular weight excluding hydrogens is 256 g/mol. The Morgan fingerprint density at radius 3 is 2.37 bits per heavy atom. The third-order valence-electron chi connectivity index (χ3n) is 3.01. The number of likely N-dealkylation sites (tertiary alicyclic amines) is 1. The molecule has 1 unspecified atom stereocenters. The van der Waals surface area contributed by atoms with Gasteiger partial charge < -0.3 is 0 Å². The van der Waals surface area contributed by atoms with E-state index in [0.717, 1.165) is 23.1 Å². The van der Waals surface area contributed by atoms with Gasteiger partial charge in [0.05, 0.1) is 12.1 Å². The van der Waals surface area contributed by atoms with E-state index in [2.05, 4.69) is 0 Å². The first-order chi connectivity index (χ1) is 8.91. The van der Waals surface area contributed by atoms with E-state index in [4.69, 9.17) is 0 Å². The molecule has 0 bridgehead atoms. The van der Waals surface area contributed by atoms with Crippen molar-refractivity contribution in [1.29, 1.82) is 0 Å². The highest BCUT2D eigenvalue weighted by atomic mass is 19.1.